The van der Waals surface area contributed by atoms with Crippen molar-refractivity contribution in [1.82, 2.24) is 9.55 Å². The fourth-order valence-corrected chi connectivity index (χ4v) is 1.13. The van der Waals surface area contributed by atoms with Gasteiger partial charge in [0.05, 0.1) is 0 Å². The molecule has 84 valence electrons. The van der Waals surface area contributed by atoms with Crippen LogP contribution in [0.3, 0.4) is 0 Å². The molecule has 5 nitrogen and oxygen atoms in total. The summed E-state index contributed by atoms with van der Waals surface area (Å²) in [5.41, 5.74) is 5.69. The summed E-state index contributed by atoms with van der Waals surface area (Å²) in [6.45, 7) is 5.95. The quantitative estimate of drug-likeness (QED) is 0.797. The molecular formula is C10H17N3O2. The molecule has 0 saturated heterocycles. The first-order valence-electron chi connectivity index (χ1n) is 4.88. The number of carbonyl (C=O) groups is 1. The molecule has 0 aromatic carbocycles. The highest BCUT2D eigenvalue weighted by atomic mass is 16.6. The van der Waals surface area contributed by atoms with E-state index in [-0.39, 0.29) is 0 Å². The third kappa shape index (κ3) is 3.36. The Morgan fingerprint density at radius 1 is 1.60 bits per heavy atom. The number of imidazole rings is 1. The van der Waals surface area contributed by atoms with Crippen molar-refractivity contribution in [2.24, 2.45) is 5.73 Å². The summed E-state index contributed by atoms with van der Waals surface area (Å²) >= 11 is 0. The average Bonchev–Trinajstić information content (AvgIpc) is 2.49. The van der Waals surface area contributed by atoms with Gasteiger partial charge < -0.3 is 10.5 Å². The van der Waals surface area contributed by atoms with E-state index in [1.807, 2.05) is 20.8 Å². The molecule has 0 fully saturated rings. The van der Waals surface area contributed by atoms with Crippen molar-refractivity contribution < 1.29 is 9.53 Å². The Balaban J connectivity index is 2.77. The van der Waals surface area contributed by atoms with Crippen LogP contribution in [0.1, 0.15) is 26.5 Å². The molecule has 1 heterocycles. The van der Waals surface area contributed by atoms with E-state index in [0.717, 1.165) is 5.69 Å². The molecule has 1 aromatic heterocycles. The van der Waals surface area contributed by atoms with Gasteiger partial charge in [-0.3, -0.25) is 0 Å². The minimum absolute atomic E-state index is 0.413. The molecule has 5 heteroatoms. The van der Waals surface area contributed by atoms with Crippen molar-refractivity contribution in [3.8, 4) is 0 Å². The average molecular weight is 211 g/mol. The first-order chi connectivity index (χ1) is 6.94. The van der Waals surface area contributed by atoms with Crippen LogP contribution in [-0.4, -0.2) is 27.8 Å². The molecular weight excluding hydrogens is 194 g/mol. The first-order valence-corrected chi connectivity index (χ1v) is 4.88. The Hall–Kier alpha value is -1.36. The van der Waals surface area contributed by atoms with Gasteiger partial charge in [0.2, 0.25) is 0 Å². The lowest BCUT2D eigenvalue weighted by Crippen LogP contribution is -2.28. The van der Waals surface area contributed by atoms with Crippen LogP contribution in [0, 0.1) is 0 Å². The molecule has 0 spiro atoms. The van der Waals surface area contributed by atoms with Gasteiger partial charge in [-0.1, -0.05) is 0 Å². The lowest BCUT2D eigenvalue weighted by molar-refractivity contribution is 0.0532. The Morgan fingerprint density at radius 3 is 2.80 bits per heavy atom. The number of rotatable bonds is 2. The van der Waals surface area contributed by atoms with Gasteiger partial charge in [0.15, 0.2) is 0 Å². The van der Waals surface area contributed by atoms with Gasteiger partial charge in [0.25, 0.3) is 0 Å². The van der Waals surface area contributed by atoms with Crippen molar-refractivity contribution in [2.45, 2.75) is 32.8 Å². The minimum Gasteiger partial charge on any atom is -0.443 e. The summed E-state index contributed by atoms with van der Waals surface area (Å²) in [7, 11) is 0. The molecule has 0 bridgehead atoms. The van der Waals surface area contributed by atoms with Crippen LogP contribution >= 0.6 is 0 Å². The zero-order chi connectivity index (χ0) is 11.5. The third-order valence-corrected chi connectivity index (χ3v) is 1.71. The SMILES string of the molecule is CC(C)(C)OC(=O)n1cncc1CCN. The number of nitrogens with zero attached hydrogens (tertiary/aromatic N) is 2. The Bertz CT molecular complexity index is 339. The van der Waals surface area contributed by atoms with E-state index in [1.165, 1.54) is 10.9 Å². The topological polar surface area (TPSA) is 70.1 Å². The molecule has 1 rings (SSSR count). The van der Waals surface area contributed by atoms with E-state index in [4.69, 9.17) is 10.5 Å². The van der Waals surface area contributed by atoms with Crippen molar-refractivity contribution in [1.29, 1.82) is 0 Å². The summed E-state index contributed by atoms with van der Waals surface area (Å²) in [5, 5.41) is 0. The summed E-state index contributed by atoms with van der Waals surface area (Å²) in [6.07, 6.45) is 3.26. The van der Waals surface area contributed by atoms with Gasteiger partial charge in [-0.2, -0.15) is 0 Å². The van der Waals surface area contributed by atoms with Crippen LogP contribution in [0.5, 0.6) is 0 Å². The molecule has 0 atom stereocenters. The van der Waals surface area contributed by atoms with Crippen molar-refractivity contribution in [3.63, 3.8) is 0 Å². The molecule has 0 unspecified atom stereocenters. The minimum atomic E-state index is -0.499. The zero-order valence-corrected chi connectivity index (χ0v) is 9.36. The number of nitrogens with two attached hydrogens (primary N) is 1. The predicted molar refractivity (Wildman–Crippen MR) is 56.6 cm³/mol. The van der Waals surface area contributed by atoms with Crippen LogP contribution in [-0.2, 0) is 11.2 Å². The van der Waals surface area contributed by atoms with E-state index in [2.05, 4.69) is 4.98 Å². The van der Waals surface area contributed by atoms with Gasteiger partial charge in [-0.05, 0) is 27.3 Å². The molecule has 0 aliphatic heterocycles. The van der Waals surface area contributed by atoms with Gasteiger partial charge in [0.1, 0.15) is 11.9 Å². The van der Waals surface area contributed by atoms with E-state index >= 15 is 0 Å². The van der Waals surface area contributed by atoms with Crippen molar-refractivity contribution in [2.75, 3.05) is 6.54 Å². The largest absolute Gasteiger partial charge is 0.443 e. The Labute approximate surface area is 89.2 Å². The second kappa shape index (κ2) is 4.44. The summed E-state index contributed by atoms with van der Waals surface area (Å²) in [5.74, 6) is 0. The maximum atomic E-state index is 11.7. The molecule has 1 aromatic rings. The second-order valence-electron chi connectivity index (χ2n) is 4.27. The lowest BCUT2D eigenvalue weighted by Gasteiger charge is -2.20. The monoisotopic (exact) mass is 211 g/mol. The van der Waals surface area contributed by atoms with Crippen LogP contribution in [0.2, 0.25) is 0 Å². The molecule has 0 radical (unpaired) electrons. The fraction of sp³-hybridized carbons (Fsp3) is 0.600. The number of aromatic nitrogens is 2. The molecule has 2 N–H and O–H groups in total. The third-order valence-electron chi connectivity index (χ3n) is 1.71. The normalized spacial score (nSPS) is 11.5. The Morgan fingerprint density at radius 2 is 2.27 bits per heavy atom. The summed E-state index contributed by atoms with van der Waals surface area (Å²) < 4.78 is 6.60. The van der Waals surface area contributed by atoms with Crippen LogP contribution in [0.25, 0.3) is 0 Å². The molecule has 15 heavy (non-hydrogen) atoms. The van der Waals surface area contributed by atoms with Gasteiger partial charge in [-0.25, -0.2) is 14.3 Å². The van der Waals surface area contributed by atoms with Crippen molar-refractivity contribution >= 4 is 6.09 Å². The zero-order valence-electron chi connectivity index (χ0n) is 9.36. The van der Waals surface area contributed by atoms with Gasteiger partial charge in [-0.15, -0.1) is 0 Å². The van der Waals surface area contributed by atoms with Crippen LogP contribution in [0.15, 0.2) is 12.5 Å². The maximum absolute atomic E-state index is 11.7. The van der Waals surface area contributed by atoms with Crippen molar-refractivity contribution in [3.05, 3.63) is 18.2 Å². The van der Waals surface area contributed by atoms with Gasteiger partial charge >= 0.3 is 6.09 Å². The molecule has 0 amide bonds. The highest BCUT2D eigenvalue weighted by molar-refractivity contribution is 5.71. The van der Waals surface area contributed by atoms with E-state index < -0.39 is 11.7 Å². The highest BCUT2D eigenvalue weighted by Gasteiger charge is 2.19. The number of hydrogen-bond donors (Lipinski definition) is 1. The smallest absolute Gasteiger partial charge is 0.420 e. The van der Waals surface area contributed by atoms with E-state index in [0.29, 0.717) is 13.0 Å². The molecule has 0 aliphatic carbocycles. The number of carbonyl (C=O) groups excluding carboxylic acids is 1. The second-order valence-corrected chi connectivity index (χ2v) is 4.27. The summed E-state index contributed by atoms with van der Waals surface area (Å²) in [4.78, 5) is 15.6. The first kappa shape index (κ1) is 11.7. The van der Waals surface area contributed by atoms with Crippen LogP contribution in [0.4, 0.5) is 4.79 Å². The number of ether oxygens (including phenoxy) is 1. The van der Waals surface area contributed by atoms with E-state index in [9.17, 15) is 4.79 Å². The van der Waals surface area contributed by atoms with E-state index in [1.54, 1.807) is 6.20 Å². The standard InChI is InChI=1S/C10H17N3O2/c1-10(2,3)15-9(14)13-7-12-6-8(13)4-5-11/h6-7H,4-5,11H2,1-3H3. The maximum Gasteiger partial charge on any atom is 0.420 e. The predicted octanol–water partition coefficient (Wildman–Crippen LogP) is 1.17. The molecule has 0 aliphatic rings. The Kier molecular flexibility index (Phi) is 3.47. The highest BCUT2D eigenvalue weighted by Crippen LogP contribution is 2.10. The fourth-order valence-electron chi connectivity index (χ4n) is 1.13. The van der Waals surface area contributed by atoms with Gasteiger partial charge in [0, 0.05) is 18.3 Å². The van der Waals surface area contributed by atoms with Crippen LogP contribution < -0.4 is 5.73 Å². The summed E-state index contributed by atoms with van der Waals surface area (Å²) in [6, 6.07) is 0. The molecule has 0 saturated carbocycles. The lowest BCUT2D eigenvalue weighted by atomic mass is 10.2. The number of hydrogen-bond acceptors (Lipinski definition) is 4.